The molecule has 0 fully saturated rings. The molecule has 0 heterocycles. The van der Waals surface area contributed by atoms with Crippen LogP contribution in [0.5, 0.6) is 0 Å². The number of carbonyl (C=O) groups is 1. The van der Waals surface area contributed by atoms with Crippen molar-refractivity contribution in [2.24, 2.45) is 0 Å². The molecule has 0 bridgehead atoms. The first-order valence-corrected chi connectivity index (χ1v) is 7.14. The summed E-state index contributed by atoms with van der Waals surface area (Å²) in [6, 6.07) is 13.4. The number of hydrogen-bond acceptors (Lipinski definition) is 2. The van der Waals surface area contributed by atoms with Crippen molar-refractivity contribution in [2.45, 2.75) is 13.3 Å². The first-order valence-electron chi connectivity index (χ1n) is 6.35. The zero-order valence-electron chi connectivity index (χ0n) is 11.6. The highest BCUT2D eigenvalue weighted by molar-refractivity contribution is 9.10. The summed E-state index contributed by atoms with van der Waals surface area (Å²) in [5.41, 5.74) is 9.44. The zero-order valence-corrected chi connectivity index (χ0v) is 13.1. The molecule has 0 aliphatic heterocycles. The van der Waals surface area contributed by atoms with Gasteiger partial charge in [0.15, 0.2) is 0 Å². The molecule has 2 rings (SSSR count). The Morgan fingerprint density at radius 3 is 2.60 bits per heavy atom. The van der Waals surface area contributed by atoms with E-state index in [-0.39, 0.29) is 5.91 Å². The summed E-state index contributed by atoms with van der Waals surface area (Å²) in [5.74, 6) is 0.0216. The number of nitrogens with zero attached hydrogens (tertiary/aromatic N) is 1. The highest BCUT2D eigenvalue weighted by atomic mass is 79.9. The number of rotatable bonds is 3. The van der Waals surface area contributed by atoms with Crippen LogP contribution in [0.2, 0.25) is 0 Å². The van der Waals surface area contributed by atoms with Gasteiger partial charge in [0.05, 0.1) is 17.8 Å². The van der Waals surface area contributed by atoms with Crippen molar-refractivity contribution in [3.8, 4) is 0 Å². The van der Waals surface area contributed by atoms with Crippen LogP contribution in [-0.2, 0) is 11.2 Å². The van der Waals surface area contributed by atoms with Crippen LogP contribution in [0.3, 0.4) is 0 Å². The zero-order chi connectivity index (χ0) is 14.7. The Morgan fingerprint density at radius 2 is 1.95 bits per heavy atom. The molecule has 2 N–H and O–H groups in total. The van der Waals surface area contributed by atoms with Crippen LogP contribution in [0, 0.1) is 6.92 Å². The number of likely N-dealkylation sites (N-methyl/N-ethyl adjacent to an activating group) is 1. The average molecular weight is 333 g/mol. The van der Waals surface area contributed by atoms with E-state index < -0.39 is 0 Å². The summed E-state index contributed by atoms with van der Waals surface area (Å²) in [6.45, 7) is 2.01. The number of aryl methyl sites for hydroxylation is 1. The Bertz CT molecular complexity index is 640. The quantitative estimate of drug-likeness (QED) is 0.873. The van der Waals surface area contributed by atoms with Gasteiger partial charge < -0.3 is 10.6 Å². The molecule has 2 aromatic carbocycles. The van der Waals surface area contributed by atoms with E-state index >= 15 is 0 Å². The minimum absolute atomic E-state index is 0.0216. The summed E-state index contributed by atoms with van der Waals surface area (Å²) in [4.78, 5) is 14.0. The summed E-state index contributed by atoms with van der Waals surface area (Å²) >= 11 is 3.36. The predicted octanol–water partition coefficient (Wildman–Crippen LogP) is 3.55. The maximum Gasteiger partial charge on any atom is 0.231 e. The first kappa shape index (κ1) is 14.6. The van der Waals surface area contributed by atoms with Crippen LogP contribution in [0.15, 0.2) is 46.9 Å². The Balaban J connectivity index is 2.19. The summed E-state index contributed by atoms with van der Waals surface area (Å²) in [6.07, 6.45) is 0.374. The van der Waals surface area contributed by atoms with Crippen LogP contribution in [-0.4, -0.2) is 13.0 Å². The number of nitrogen functional groups attached to an aromatic ring is 1. The summed E-state index contributed by atoms with van der Waals surface area (Å²) < 4.78 is 0.901. The van der Waals surface area contributed by atoms with Crippen molar-refractivity contribution in [1.29, 1.82) is 0 Å². The highest BCUT2D eigenvalue weighted by Crippen LogP contribution is 2.26. The molecule has 0 aliphatic carbocycles. The molecule has 1 amide bonds. The Morgan fingerprint density at radius 1 is 1.25 bits per heavy atom. The fourth-order valence-corrected chi connectivity index (χ4v) is 2.43. The lowest BCUT2D eigenvalue weighted by Gasteiger charge is -2.20. The molecular weight excluding hydrogens is 316 g/mol. The number of nitrogens with two attached hydrogens (primary N) is 1. The SMILES string of the molecule is Cc1ccccc1CC(=O)N(C)c1ccc(Br)cc1N. The van der Waals surface area contributed by atoms with Crippen molar-refractivity contribution in [3.05, 3.63) is 58.1 Å². The van der Waals surface area contributed by atoms with Crippen LogP contribution in [0.4, 0.5) is 11.4 Å². The Labute approximate surface area is 127 Å². The van der Waals surface area contributed by atoms with E-state index in [0.29, 0.717) is 12.1 Å². The van der Waals surface area contributed by atoms with E-state index in [4.69, 9.17) is 5.73 Å². The highest BCUT2D eigenvalue weighted by Gasteiger charge is 2.14. The lowest BCUT2D eigenvalue weighted by atomic mass is 10.1. The molecule has 20 heavy (non-hydrogen) atoms. The number of carbonyl (C=O) groups excluding carboxylic acids is 1. The second-order valence-electron chi connectivity index (χ2n) is 4.76. The number of halogens is 1. The smallest absolute Gasteiger partial charge is 0.231 e. The maximum atomic E-state index is 12.4. The van der Waals surface area contributed by atoms with E-state index in [2.05, 4.69) is 15.9 Å². The maximum absolute atomic E-state index is 12.4. The third-order valence-electron chi connectivity index (χ3n) is 3.33. The Hall–Kier alpha value is -1.81. The van der Waals surface area contributed by atoms with Gasteiger partial charge in [-0.25, -0.2) is 0 Å². The van der Waals surface area contributed by atoms with Gasteiger partial charge in [-0.2, -0.15) is 0 Å². The van der Waals surface area contributed by atoms with Crippen LogP contribution in [0.25, 0.3) is 0 Å². The number of amides is 1. The minimum atomic E-state index is 0.0216. The molecule has 0 spiro atoms. The molecule has 4 heteroatoms. The fraction of sp³-hybridized carbons (Fsp3) is 0.188. The van der Waals surface area contributed by atoms with E-state index in [1.807, 2.05) is 43.3 Å². The van der Waals surface area contributed by atoms with Crippen LogP contribution < -0.4 is 10.6 Å². The molecule has 3 nitrogen and oxygen atoms in total. The van der Waals surface area contributed by atoms with Gasteiger partial charge in [0, 0.05) is 11.5 Å². The third-order valence-corrected chi connectivity index (χ3v) is 3.82. The fourth-order valence-electron chi connectivity index (χ4n) is 2.06. The van der Waals surface area contributed by atoms with Gasteiger partial charge in [-0.05, 0) is 36.2 Å². The van der Waals surface area contributed by atoms with Gasteiger partial charge in [0.25, 0.3) is 0 Å². The van der Waals surface area contributed by atoms with Crippen molar-refractivity contribution < 1.29 is 4.79 Å². The van der Waals surface area contributed by atoms with Gasteiger partial charge >= 0.3 is 0 Å². The average Bonchev–Trinajstić information content (AvgIpc) is 2.40. The third kappa shape index (κ3) is 3.20. The largest absolute Gasteiger partial charge is 0.397 e. The van der Waals surface area contributed by atoms with Crippen molar-refractivity contribution in [2.75, 3.05) is 17.7 Å². The Kier molecular flexibility index (Phi) is 4.45. The monoisotopic (exact) mass is 332 g/mol. The van der Waals surface area contributed by atoms with Crippen molar-refractivity contribution in [3.63, 3.8) is 0 Å². The molecule has 2 aromatic rings. The van der Waals surface area contributed by atoms with Gasteiger partial charge in [-0.15, -0.1) is 0 Å². The van der Waals surface area contributed by atoms with Gasteiger partial charge in [0.2, 0.25) is 5.91 Å². The molecule has 104 valence electrons. The first-order chi connectivity index (χ1) is 9.49. The molecule has 0 atom stereocenters. The van der Waals surface area contributed by atoms with E-state index in [1.54, 1.807) is 18.0 Å². The molecular formula is C16H17BrN2O. The predicted molar refractivity (Wildman–Crippen MR) is 86.8 cm³/mol. The van der Waals surface area contributed by atoms with E-state index in [1.165, 1.54) is 0 Å². The van der Waals surface area contributed by atoms with Crippen molar-refractivity contribution in [1.82, 2.24) is 0 Å². The second kappa shape index (κ2) is 6.09. The number of hydrogen-bond donors (Lipinski definition) is 1. The van der Waals surface area contributed by atoms with E-state index in [9.17, 15) is 4.79 Å². The van der Waals surface area contributed by atoms with Crippen molar-refractivity contribution >= 4 is 33.2 Å². The van der Waals surface area contributed by atoms with Crippen LogP contribution in [0.1, 0.15) is 11.1 Å². The van der Waals surface area contributed by atoms with Gasteiger partial charge in [-0.3, -0.25) is 4.79 Å². The standard InChI is InChI=1S/C16H17BrN2O/c1-11-5-3-4-6-12(11)9-16(20)19(2)15-8-7-13(17)10-14(15)18/h3-8,10H,9,18H2,1-2H3. The molecule has 0 aliphatic rings. The summed E-state index contributed by atoms with van der Waals surface area (Å²) in [7, 11) is 1.75. The molecule has 0 radical (unpaired) electrons. The second-order valence-corrected chi connectivity index (χ2v) is 5.67. The van der Waals surface area contributed by atoms with Gasteiger partial charge in [-0.1, -0.05) is 40.2 Å². The molecule has 0 aromatic heterocycles. The number of benzene rings is 2. The molecule has 0 saturated heterocycles. The lowest BCUT2D eigenvalue weighted by molar-refractivity contribution is -0.117. The minimum Gasteiger partial charge on any atom is -0.397 e. The lowest BCUT2D eigenvalue weighted by Crippen LogP contribution is -2.28. The summed E-state index contributed by atoms with van der Waals surface area (Å²) in [5, 5.41) is 0. The topological polar surface area (TPSA) is 46.3 Å². The van der Waals surface area contributed by atoms with Crippen LogP contribution >= 0.6 is 15.9 Å². The molecule has 0 saturated carbocycles. The number of anilines is 2. The van der Waals surface area contributed by atoms with Gasteiger partial charge in [0.1, 0.15) is 0 Å². The normalized spacial score (nSPS) is 10.3. The van der Waals surface area contributed by atoms with E-state index in [0.717, 1.165) is 21.3 Å². The molecule has 0 unspecified atom stereocenters.